The molecular formula is C13H18N4. The Morgan fingerprint density at radius 1 is 1.06 bits per heavy atom. The molecular weight excluding hydrogens is 212 g/mol. The maximum absolute atomic E-state index is 3.93. The van der Waals surface area contributed by atoms with Gasteiger partial charge in [0.15, 0.2) is 0 Å². The highest BCUT2D eigenvalue weighted by Gasteiger charge is 1.99. The van der Waals surface area contributed by atoms with Crippen molar-refractivity contribution in [2.75, 3.05) is 0 Å². The number of unbranched alkanes of at least 4 members (excludes halogenated alkanes) is 1. The Morgan fingerprint density at radius 2 is 1.82 bits per heavy atom. The van der Waals surface area contributed by atoms with Crippen LogP contribution in [0.2, 0.25) is 0 Å². The molecule has 0 spiro atoms. The first-order valence-corrected chi connectivity index (χ1v) is 6.04. The minimum atomic E-state index is 0.889. The van der Waals surface area contributed by atoms with Crippen LogP contribution in [0.15, 0.2) is 24.3 Å². The van der Waals surface area contributed by atoms with Gasteiger partial charge in [-0.1, -0.05) is 29.8 Å². The zero-order chi connectivity index (χ0) is 12.1. The lowest BCUT2D eigenvalue weighted by Crippen LogP contribution is -2.03. The van der Waals surface area contributed by atoms with E-state index in [-0.39, 0.29) is 0 Å². The smallest absolute Gasteiger partial charge is 0.148 e. The van der Waals surface area contributed by atoms with Gasteiger partial charge in [0.1, 0.15) is 5.82 Å². The van der Waals surface area contributed by atoms with E-state index in [2.05, 4.69) is 46.7 Å². The molecule has 0 aliphatic heterocycles. The van der Waals surface area contributed by atoms with Gasteiger partial charge in [0.05, 0.1) is 0 Å². The predicted molar refractivity (Wildman–Crippen MR) is 66.7 cm³/mol. The van der Waals surface area contributed by atoms with Gasteiger partial charge in [-0.25, -0.2) is 4.68 Å². The lowest BCUT2D eigenvalue weighted by molar-refractivity contribution is 0.531. The average Bonchev–Trinajstić information content (AvgIpc) is 2.73. The highest BCUT2D eigenvalue weighted by molar-refractivity contribution is 5.21. The highest BCUT2D eigenvalue weighted by atomic mass is 15.5. The van der Waals surface area contributed by atoms with Crippen molar-refractivity contribution in [1.29, 1.82) is 0 Å². The number of aryl methyl sites for hydroxylation is 4. The first kappa shape index (κ1) is 11.8. The fourth-order valence-electron chi connectivity index (χ4n) is 1.80. The number of tetrazole rings is 1. The third-order valence-corrected chi connectivity index (χ3v) is 2.92. The topological polar surface area (TPSA) is 43.6 Å². The standard InChI is InChI=1S/C13H18N4/c1-11-6-8-13(9-7-11)5-3-4-10-17-12(2)14-15-16-17/h6-9H,3-5,10H2,1-2H3. The van der Waals surface area contributed by atoms with E-state index in [0.29, 0.717) is 0 Å². The molecule has 0 aliphatic rings. The van der Waals surface area contributed by atoms with E-state index >= 15 is 0 Å². The maximum atomic E-state index is 3.93. The molecule has 17 heavy (non-hydrogen) atoms. The van der Waals surface area contributed by atoms with Crippen molar-refractivity contribution in [2.24, 2.45) is 0 Å². The Bertz CT molecular complexity index is 459. The summed E-state index contributed by atoms with van der Waals surface area (Å²) in [6.45, 7) is 4.95. The van der Waals surface area contributed by atoms with Crippen LogP contribution in [0.1, 0.15) is 29.8 Å². The number of benzene rings is 1. The molecule has 2 rings (SSSR count). The van der Waals surface area contributed by atoms with Gasteiger partial charge in [0, 0.05) is 6.54 Å². The van der Waals surface area contributed by atoms with Crippen LogP contribution in [-0.2, 0) is 13.0 Å². The predicted octanol–water partition coefficient (Wildman–Crippen LogP) is 2.31. The van der Waals surface area contributed by atoms with Crippen LogP contribution in [0.4, 0.5) is 0 Å². The zero-order valence-electron chi connectivity index (χ0n) is 10.4. The molecule has 0 amide bonds. The SMILES string of the molecule is Cc1ccc(CCCCn2nnnc2C)cc1. The molecule has 0 unspecified atom stereocenters. The molecule has 4 nitrogen and oxygen atoms in total. The van der Waals surface area contributed by atoms with Gasteiger partial charge in [-0.15, -0.1) is 5.10 Å². The number of hydrogen-bond donors (Lipinski definition) is 0. The molecule has 90 valence electrons. The minimum absolute atomic E-state index is 0.889. The minimum Gasteiger partial charge on any atom is -0.230 e. The van der Waals surface area contributed by atoms with E-state index in [0.717, 1.165) is 25.2 Å². The zero-order valence-corrected chi connectivity index (χ0v) is 10.4. The first-order chi connectivity index (χ1) is 8.25. The van der Waals surface area contributed by atoms with Gasteiger partial charge >= 0.3 is 0 Å². The van der Waals surface area contributed by atoms with Gasteiger partial charge < -0.3 is 0 Å². The summed E-state index contributed by atoms with van der Waals surface area (Å²) in [5, 5.41) is 11.4. The largest absolute Gasteiger partial charge is 0.230 e. The van der Waals surface area contributed by atoms with E-state index in [1.54, 1.807) is 0 Å². The maximum Gasteiger partial charge on any atom is 0.148 e. The molecule has 0 aliphatic carbocycles. The summed E-state index contributed by atoms with van der Waals surface area (Å²) in [4.78, 5) is 0. The van der Waals surface area contributed by atoms with Crippen molar-refractivity contribution in [2.45, 2.75) is 39.7 Å². The first-order valence-electron chi connectivity index (χ1n) is 6.04. The second-order valence-corrected chi connectivity index (χ2v) is 4.39. The van der Waals surface area contributed by atoms with E-state index < -0.39 is 0 Å². The average molecular weight is 230 g/mol. The summed E-state index contributed by atoms with van der Waals surface area (Å²) < 4.78 is 1.86. The van der Waals surface area contributed by atoms with E-state index in [1.165, 1.54) is 17.5 Å². The lowest BCUT2D eigenvalue weighted by atomic mass is 10.1. The van der Waals surface area contributed by atoms with Crippen LogP contribution >= 0.6 is 0 Å². The lowest BCUT2D eigenvalue weighted by Gasteiger charge is -2.03. The Balaban J connectivity index is 1.73. The van der Waals surface area contributed by atoms with Crippen molar-refractivity contribution in [3.05, 3.63) is 41.2 Å². The molecule has 0 saturated heterocycles. The third-order valence-electron chi connectivity index (χ3n) is 2.92. The number of aromatic nitrogens is 4. The molecule has 0 radical (unpaired) electrons. The van der Waals surface area contributed by atoms with Crippen LogP contribution in [0.25, 0.3) is 0 Å². The molecule has 4 heteroatoms. The van der Waals surface area contributed by atoms with E-state index in [9.17, 15) is 0 Å². The quantitative estimate of drug-likeness (QED) is 0.740. The van der Waals surface area contributed by atoms with Crippen molar-refractivity contribution in [3.63, 3.8) is 0 Å². The number of rotatable bonds is 5. The molecule has 1 aromatic carbocycles. The van der Waals surface area contributed by atoms with Crippen molar-refractivity contribution in [1.82, 2.24) is 20.2 Å². The van der Waals surface area contributed by atoms with Gasteiger partial charge in [0.2, 0.25) is 0 Å². The van der Waals surface area contributed by atoms with Crippen LogP contribution in [0.3, 0.4) is 0 Å². The highest BCUT2D eigenvalue weighted by Crippen LogP contribution is 2.07. The Labute approximate surface area is 102 Å². The Morgan fingerprint density at radius 3 is 2.47 bits per heavy atom. The van der Waals surface area contributed by atoms with Crippen LogP contribution < -0.4 is 0 Å². The normalized spacial score (nSPS) is 10.7. The third kappa shape index (κ3) is 3.37. The molecule has 0 atom stereocenters. The second-order valence-electron chi connectivity index (χ2n) is 4.39. The molecule has 2 aromatic rings. The van der Waals surface area contributed by atoms with Crippen LogP contribution in [0, 0.1) is 13.8 Å². The summed E-state index contributed by atoms with van der Waals surface area (Å²) in [6.07, 6.45) is 3.41. The van der Waals surface area contributed by atoms with E-state index in [4.69, 9.17) is 0 Å². The van der Waals surface area contributed by atoms with Crippen molar-refractivity contribution >= 4 is 0 Å². The van der Waals surface area contributed by atoms with Gasteiger partial charge in [-0.3, -0.25) is 0 Å². The second kappa shape index (κ2) is 5.57. The summed E-state index contributed by atoms with van der Waals surface area (Å²) in [6, 6.07) is 8.75. The Hall–Kier alpha value is -1.71. The van der Waals surface area contributed by atoms with Crippen LogP contribution in [-0.4, -0.2) is 20.2 Å². The molecule has 0 saturated carbocycles. The van der Waals surface area contributed by atoms with Gasteiger partial charge in [0.25, 0.3) is 0 Å². The molecule has 0 N–H and O–H groups in total. The summed E-state index contributed by atoms with van der Waals surface area (Å²) in [7, 11) is 0. The van der Waals surface area contributed by atoms with Gasteiger partial charge in [-0.05, 0) is 49.1 Å². The monoisotopic (exact) mass is 230 g/mol. The summed E-state index contributed by atoms with van der Waals surface area (Å²) in [5.74, 6) is 0.889. The van der Waals surface area contributed by atoms with Crippen LogP contribution in [0.5, 0.6) is 0 Å². The molecule has 1 heterocycles. The molecule has 1 aromatic heterocycles. The summed E-state index contributed by atoms with van der Waals surface area (Å²) in [5.41, 5.74) is 2.72. The molecule has 0 bridgehead atoms. The number of nitrogens with zero attached hydrogens (tertiary/aromatic N) is 4. The molecule has 0 fully saturated rings. The van der Waals surface area contributed by atoms with Gasteiger partial charge in [-0.2, -0.15) is 0 Å². The Kier molecular flexibility index (Phi) is 3.85. The summed E-state index contributed by atoms with van der Waals surface area (Å²) >= 11 is 0. The van der Waals surface area contributed by atoms with Crippen molar-refractivity contribution < 1.29 is 0 Å². The van der Waals surface area contributed by atoms with Crippen molar-refractivity contribution in [3.8, 4) is 0 Å². The number of hydrogen-bond acceptors (Lipinski definition) is 3. The fraction of sp³-hybridized carbons (Fsp3) is 0.462. The van der Waals surface area contributed by atoms with E-state index in [1.807, 2.05) is 11.6 Å². The fourth-order valence-corrected chi connectivity index (χ4v) is 1.80.